The predicted octanol–water partition coefficient (Wildman–Crippen LogP) is 5.50. The van der Waals surface area contributed by atoms with E-state index in [-0.39, 0.29) is 5.56 Å². The number of carbonyl (C=O) groups excluding carboxylic acids is 1. The highest BCUT2D eigenvalue weighted by Crippen LogP contribution is 2.28. The number of hydrogen-bond acceptors (Lipinski definition) is 4. The molecule has 162 valence electrons. The molecule has 0 saturated carbocycles. The van der Waals surface area contributed by atoms with E-state index in [1.807, 2.05) is 47.9 Å². The van der Waals surface area contributed by atoms with Gasteiger partial charge in [0.1, 0.15) is 5.82 Å². The fourth-order valence-corrected chi connectivity index (χ4v) is 4.31. The molecule has 0 bridgehead atoms. The molecule has 0 radical (unpaired) electrons. The second-order valence-corrected chi connectivity index (χ2v) is 8.41. The molecule has 4 rings (SSSR count). The number of rotatable bonds is 7. The molecule has 1 atom stereocenters. The molecule has 1 amide bonds. The minimum atomic E-state index is -0.559. The summed E-state index contributed by atoms with van der Waals surface area (Å²) in [6, 6.07) is 23.5. The van der Waals surface area contributed by atoms with E-state index >= 15 is 0 Å². The van der Waals surface area contributed by atoms with Gasteiger partial charge in [0.25, 0.3) is 5.91 Å². The maximum absolute atomic E-state index is 14.0. The molecule has 0 saturated heterocycles. The van der Waals surface area contributed by atoms with Crippen LogP contribution in [-0.4, -0.2) is 20.7 Å². The Kier molecular flexibility index (Phi) is 6.66. The smallest absolute Gasteiger partial charge is 0.254 e. The maximum atomic E-state index is 14.0. The summed E-state index contributed by atoms with van der Waals surface area (Å²) in [5.74, 6) is 0.263. The summed E-state index contributed by atoms with van der Waals surface area (Å²) >= 11 is 1.58. The van der Waals surface area contributed by atoms with Crippen molar-refractivity contribution in [3.63, 3.8) is 0 Å². The van der Waals surface area contributed by atoms with Gasteiger partial charge in [-0.25, -0.2) is 4.39 Å². The molecule has 0 aliphatic heterocycles. The van der Waals surface area contributed by atoms with Gasteiger partial charge in [-0.2, -0.15) is 0 Å². The van der Waals surface area contributed by atoms with Crippen LogP contribution in [0.15, 0.2) is 84.0 Å². The fourth-order valence-electron chi connectivity index (χ4n) is 3.41. The topological polar surface area (TPSA) is 59.8 Å². The second kappa shape index (κ2) is 9.78. The number of thioether (sulfide) groups is 1. The van der Waals surface area contributed by atoms with Crippen molar-refractivity contribution < 1.29 is 9.18 Å². The summed E-state index contributed by atoms with van der Waals surface area (Å²) < 4.78 is 16.0. The standard InChI is InChI=1S/C25H23FN4OS/c1-17-9-8-10-19(15-17)16-32-25-29-28-23(30(25)20-11-4-3-5-12-20)18(2)27-24(31)21-13-6-7-14-22(21)26/h3-15,18H,16H2,1-2H3,(H,27,31)/t18-/m1/s1. The van der Waals surface area contributed by atoms with E-state index in [0.29, 0.717) is 5.82 Å². The van der Waals surface area contributed by atoms with Crippen LogP contribution in [0.3, 0.4) is 0 Å². The molecule has 1 aromatic heterocycles. The Hall–Kier alpha value is -3.45. The Morgan fingerprint density at radius 3 is 2.53 bits per heavy atom. The number of hydrogen-bond donors (Lipinski definition) is 1. The number of aryl methyl sites for hydroxylation is 1. The second-order valence-electron chi connectivity index (χ2n) is 7.46. The minimum absolute atomic E-state index is 0.000766. The van der Waals surface area contributed by atoms with Crippen molar-refractivity contribution in [2.24, 2.45) is 0 Å². The lowest BCUT2D eigenvalue weighted by molar-refractivity contribution is 0.0934. The Labute approximate surface area is 190 Å². The lowest BCUT2D eigenvalue weighted by Gasteiger charge is -2.16. The van der Waals surface area contributed by atoms with Crippen LogP contribution in [0.5, 0.6) is 0 Å². The van der Waals surface area contributed by atoms with Crippen molar-refractivity contribution in [1.82, 2.24) is 20.1 Å². The molecular formula is C25H23FN4OS. The van der Waals surface area contributed by atoms with Gasteiger partial charge in [-0.1, -0.05) is 71.9 Å². The predicted molar refractivity (Wildman–Crippen MR) is 124 cm³/mol. The van der Waals surface area contributed by atoms with Crippen LogP contribution in [0.1, 0.15) is 40.3 Å². The number of para-hydroxylation sites is 1. The third-order valence-electron chi connectivity index (χ3n) is 4.98. The highest BCUT2D eigenvalue weighted by atomic mass is 32.2. The fraction of sp³-hybridized carbons (Fsp3) is 0.160. The van der Waals surface area contributed by atoms with Gasteiger partial charge >= 0.3 is 0 Å². The minimum Gasteiger partial charge on any atom is -0.342 e. The zero-order chi connectivity index (χ0) is 22.5. The van der Waals surface area contributed by atoms with E-state index in [4.69, 9.17) is 0 Å². The summed E-state index contributed by atoms with van der Waals surface area (Å²) in [6.07, 6.45) is 0. The Morgan fingerprint density at radius 1 is 1.03 bits per heavy atom. The Balaban J connectivity index is 1.61. The van der Waals surface area contributed by atoms with E-state index in [0.717, 1.165) is 16.6 Å². The van der Waals surface area contributed by atoms with Crippen LogP contribution in [0.4, 0.5) is 4.39 Å². The highest BCUT2D eigenvalue weighted by Gasteiger charge is 2.22. The molecule has 0 fully saturated rings. The van der Waals surface area contributed by atoms with Crippen LogP contribution < -0.4 is 5.32 Å². The lowest BCUT2D eigenvalue weighted by atomic mass is 10.2. The lowest BCUT2D eigenvalue weighted by Crippen LogP contribution is -2.29. The molecule has 32 heavy (non-hydrogen) atoms. The van der Waals surface area contributed by atoms with Crippen molar-refractivity contribution in [2.45, 2.75) is 30.8 Å². The molecule has 0 unspecified atom stereocenters. The van der Waals surface area contributed by atoms with Gasteiger partial charge in [0.05, 0.1) is 11.6 Å². The molecule has 0 aliphatic rings. The molecular weight excluding hydrogens is 423 g/mol. The van der Waals surface area contributed by atoms with E-state index in [1.165, 1.54) is 23.3 Å². The Bertz CT molecular complexity index is 1230. The monoisotopic (exact) mass is 446 g/mol. The van der Waals surface area contributed by atoms with Crippen molar-refractivity contribution in [1.29, 1.82) is 0 Å². The van der Waals surface area contributed by atoms with Crippen LogP contribution >= 0.6 is 11.8 Å². The molecule has 3 aromatic carbocycles. The normalized spacial score (nSPS) is 11.8. The first-order chi connectivity index (χ1) is 15.5. The number of carbonyl (C=O) groups is 1. The zero-order valence-corrected chi connectivity index (χ0v) is 18.6. The first kappa shape index (κ1) is 21.8. The molecule has 0 spiro atoms. The van der Waals surface area contributed by atoms with E-state index < -0.39 is 17.8 Å². The van der Waals surface area contributed by atoms with Crippen LogP contribution in [-0.2, 0) is 5.75 Å². The van der Waals surface area contributed by atoms with Gasteiger partial charge in [0.2, 0.25) is 0 Å². The van der Waals surface area contributed by atoms with Gasteiger partial charge in [0.15, 0.2) is 11.0 Å². The van der Waals surface area contributed by atoms with Gasteiger partial charge < -0.3 is 5.32 Å². The van der Waals surface area contributed by atoms with E-state index in [2.05, 4.69) is 40.6 Å². The van der Waals surface area contributed by atoms with Gasteiger partial charge in [-0.05, 0) is 43.7 Å². The summed E-state index contributed by atoms with van der Waals surface area (Å²) in [5.41, 5.74) is 3.29. The zero-order valence-electron chi connectivity index (χ0n) is 17.8. The number of aromatic nitrogens is 3. The molecule has 7 heteroatoms. The average Bonchev–Trinajstić information content (AvgIpc) is 3.23. The van der Waals surface area contributed by atoms with Crippen molar-refractivity contribution >= 4 is 17.7 Å². The summed E-state index contributed by atoms with van der Waals surface area (Å²) in [4.78, 5) is 12.6. The first-order valence-electron chi connectivity index (χ1n) is 10.3. The van der Waals surface area contributed by atoms with E-state index in [9.17, 15) is 9.18 Å². The van der Waals surface area contributed by atoms with Gasteiger partial charge in [-0.3, -0.25) is 9.36 Å². The first-order valence-corrected chi connectivity index (χ1v) is 11.3. The number of nitrogens with zero attached hydrogens (tertiary/aromatic N) is 3. The average molecular weight is 447 g/mol. The SMILES string of the molecule is Cc1cccc(CSc2nnc([C@@H](C)NC(=O)c3ccccc3F)n2-c2ccccc2)c1. The molecule has 5 nitrogen and oxygen atoms in total. The maximum Gasteiger partial charge on any atom is 0.254 e. The van der Waals surface area contributed by atoms with E-state index in [1.54, 1.807) is 23.9 Å². The van der Waals surface area contributed by atoms with Crippen LogP contribution in [0, 0.1) is 12.7 Å². The third-order valence-corrected chi connectivity index (χ3v) is 5.98. The molecule has 1 N–H and O–H groups in total. The summed E-state index contributed by atoms with van der Waals surface area (Å²) in [6.45, 7) is 3.88. The number of halogens is 1. The number of nitrogens with one attached hydrogen (secondary N) is 1. The molecule has 1 heterocycles. The van der Waals surface area contributed by atoms with Crippen molar-refractivity contribution in [3.8, 4) is 5.69 Å². The molecule has 0 aliphatic carbocycles. The Morgan fingerprint density at radius 2 is 1.78 bits per heavy atom. The van der Waals surface area contributed by atoms with Crippen LogP contribution in [0.25, 0.3) is 5.69 Å². The third kappa shape index (κ3) is 4.89. The van der Waals surface area contributed by atoms with Crippen LogP contribution in [0.2, 0.25) is 0 Å². The number of amides is 1. The quantitative estimate of drug-likeness (QED) is 0.381. The highest BCUT2D eigenvalue weighted by molar-refractivity contribution is 7.98. The van der Waals surface area contributed by atoms with Gasteiger partial charge in [-0.15, -0.1) is 10.2 Å². The molecule has 4 aromatic rings. The summed E-state index contributed by atoms with van der Waals surface area (Å²) in [5, 5.41) is 12.3. The number of benzene rings is 3. The van der Waals surface area contributed by atoms with Gasteiger partial charge in [0, 0.05) is 11.4 Å². The van der Waals surface area contributed by atoms with Crippen molar-refractivity contribution in [3.05, 3.63) is 107 Å². The largest absolute Gasteiger partial charge is 0.342 e. The summed E-state index contributed by atoms with van der Waals surface area (Å²) in [7, 11) is 0. The van der Waals surface area contributed by atoms with Crippen molar-refractivity contribution in [2.75, 3.05) is 0 Å².